The standard InChI is InChI=1S/C18H24N4O2/c1-3-21-9-11-22(12-10-21)17(15-7-5-4-6-8-15)18(23)19-16-13-14(2)24-20-16/h4-8,13,17H,3,9-12H2,1-2H3,(H,19,20,23). The van der Waals surface area contributed by atoms with Gasteiger partial charge in [-0.25, -0.2) is 0 Å². The zero-order valence-corrected chi connectivity index (χ0v) is 14.2. The van der Waals surface area contributed by atoms with Gasteiger partial charge in [0.25, 0.3) is 0 Å². The number of carbonyl (C=O) groups is 1. The number of hydrogen-bond donors (Lipinski definition) is 1. The summed E-state index contributed by atoms with van der Waals surface area (Å²) in [5.74, 6) is 1.07. The molecule has 0 aliphatic carbocycles. The number of carbonyl (C=O) groups excluding carboxylic acids is 1. The second-order valence-electron chi connectivity index (χ2n) is 6.10. The van der Waals surface area contributed by atoms with Crippen molar-refractivity contribution in [2.75, 3.05) is 38.0 Å². The molecule has 1 atom stereocenters. The average Bonchev–Trinajstić information content (AvgIpc) is 3.01. The first-order valence-electron chi connectivity index (χ1n) is 8.43. The number of anilines is 1. The van der Waals surface area contributed by atoms with Crippen LogP contribution in [0, 0.1) is 6.92 Å². The SMILES string of the molecule is CCN1CCN(C(C(=O)Nc2cc(C)on2)c2ccccc2)CC1. The molecule has 0 spiro atoms. The summed E-state index contributed by atoms with van der Waals surface area (Å²) in [6, 6.07) is 11.3. The highest BCUT2D eigenvalue weighted by molar-refractivity contribution is 5.94. The summed E-state index contributed by atoms with van der Waals surface area (Å²) >= 11 is 0. The van der Waals surface area contributed by atoms with E-state index in [1.165, 1.54) is 0 Å². The van der Waals surface area contributed by atoms with Crippen molar-refractivity contribution in [1.29, 1.82) is 0 Å². The highest BCUT2D eigenvalue weighted by Crippen LogP contribution is 2.24. The van der Waals surface area contributed by atoms with Gasteiger partial charge in [-0.15, -0.1) is 0 Å². The van der Waals surface area contributed by atoms with E-state index in [-0.39, 0.29) is 11.9 Å². The lowest BCUT2D eigenvalue weighted by atomic mass is 10.0. The molecule has 1 aliphatic rings. The quantitative estimate of drug-likeness (QED) is 0.912. The number of nitrogens with zero attached hydrogens (tertiary/aromatic N) is 3. The molecule has 1 fully saturated rings. The zero-order chi connectivity index (χ0) is 16.9. The van der Waals surface area contributed by atoms with Crippen molar-refractivity contribution in [2.45, 2.75) is 19.9 Å². The molecule has 0 radical (unpaired) electrons. The third-order valence-electron chi connectivity index (χ3n) is 4.46. The maximum Gasteiger partial charge on any atom is 0.247 e. The fourth-order valence-electron chi connectivity index (χ4n) is 3.12. The van der Waals surface area contributed by atoms with Gasteiger partial charge in [-0.2, -0.15) is 0 Å². The second kappa shape index (κ2) is 7.59. The molecular formula is C18H24N4O2. The smallest absolute Gasteiger partial charge is 0.247 e. The van der Waals surface area contributed by atoms with Crippen molar-refractivity contribution in [3.05, 3.63) is 47.7 Å². The van der Waals surface area contributed by atoms with E-state index in [1.54, 1.807) is 13.0 Å². The van der Waals surface area contributed by atoms with Gasteiger partial charge in [0.05, 0.1) is 0 Å². The molecule has 1 aromatic carbocycles. The van der Waals surface area contributed by atoms with E-state index in [4.69, 9.17) is 4.52 Å². The van der Waals surface area contributed by atoms with Gasteiger partial charge in [-0.1, -0.05) is 42.4 Å². The maximum absolute atomic E-state index is 12.9. The van der Waals surface area contributed by atoms with E-state index in [9.17, 15) is 4.79 Å². The van der Waals surface area contributed by atoms with Crippen LogP contribution in [0.25, 0.3) is 0 Å². The molecule has 1 amide bonds. The summed E-state index contributed by atoms with van der Waals surface area (Å²) < 4.78 is 5.04. The molecule has 0 saturated carbocycles. The minimum absolute atomic E-state index is 0.0700. The van der Waals surface area contributed by atoms with E-state index in [0.717, 1.165) is 38.3 Å². The van der Waals surface area contributed by atoms with Crippen molar-refractivity contribution in [3.63, 3.8) is 0 Å². The van der Waals surface area contributed by atoms with Crippen LogP contribution in [0.3, 0.4) is 0 Å². The molecule has 128 valence electrons. The average molecular weight is 328 g/mol. The predicted molar refractivity (Wildman–Crippen MR) is 92.7 cm³/mol. The number of piperazine rings is 1. The predicted octanol–water partition coefficient (Wildman–Crippen LogP) is 2.30. The normalized spacial score (nSPS) is 17.6. The van der Waals surface area contributed by atoms with Crippen LogP contribution in [0.1, 0.15) is 24.3 Å². The fraction of sp³-hybridized carbons (Fsp3) is 0.444. The first kappa shape index (κ1) is 16.7. The molecule has 1 aromatic heterocycles. The molecule has 1 aliphatic heterocycles. The Morgan fingerprint density at radius 3 is 2.54 bits per heavy atom. The van der Waals surface area contributed by atoms with E-state index in [2.05, 4.69) is 27.2 Å². The van der Waals surface area contributed by atoms with Crippen LogP contribution in [0.15, 0.2) is 40.9 Å². The van der Waals surface area contributed by atoms with Crippen molar-refractivity contribution >= 4 is 11.7 Å². The second-order valence-corrected chi connectivity index (χ2v) is 6.10. The van der Waals surface area contributed by atoms with Crippen LogP contribution in [0.4, 0.5) is 5.82 Å². The number of aromatic nitrogens is 1. The minimum Gasteiger partial charge on any atom is -0.360 e. The van der Waals surface area contributed by atoms with Crippen molar-refractivity contribution in [1.82, 2.24) is 15.0 Å². The van der Waals surface area contributed by atoms with Crippen LogP contribution >= 0.6 is 0 Å². The summed E-state index contributed by atoms with van der Waals surface area (Å²) in [4.78, 5) is 17.6. The molecule has 24 heavy (non-hydrogen) atoms. The lowest BCUT2D eigenvalue weighted by Gasteiger charge is -2.38. The first-order valence-corrected chi connectivity index (χ1v) is 8.43. The van der Waals surface area contributed by atoms with Gasteiger partial charge < -0.3 is 14.7 Å². The number of likely N-dealkylation sites (N-methyl/N-ethyl adjacent to an activating group) is 1. The number of amides is 1. The molecule has 1 saturated heterocycles. The molecule has 6 nitrogen and oxygen atoms in total. The third-order valence-corrected chi connectivity index (χ3v) is 4.46. The Morgan fingerprint density at radius 2 is 1.96 bits per heavy atom. The van der Waals surface area contributed by atoms with E-state index >= 15 is 0 Å². The monoisotopic (exact) mass is 328 g/mol. The van der Waals surface area contributed by atoms with Crippen molar-refractivity contribution in [2.24, 2.45) is 0 Å². The van der Waals surface area contributed by atoms with Crippen molar-refractivity contribution in [3.8, 4) is 0 Å². The van der Waals surface area contributed by atoms with Gasteiger partial charge in [0.2, 0.25) is 5.91 Å². The summed E-state index contributed by atoms with van der Waals surface area (Å²) in [5, 5.41) is 6.75. The van der Waals surface area contributed by atoms with Crippen molar-refractivity contribution < 1.29 is 9.32 Å². The number of benzene rings is 1. The molecular weight excluding hydrogens is 304 g/mol. The van der Waals surface area contributed by atoms with E-state index in [1.807, 2.05) is 30.3 Å². The van der Waals surface area contributed by atoms with E-state index < -0.39 is 0 Å². The largest absolute Gasteiger partial charge is 0.360 e. The Labute approximate surface area is 142 Å². The van der Waals surface area contributed by atoms with Gasteiger partial charge in [-0.05, 0) is 19.0 Å². The lowest BCUT2D eigenvalue weighted by Crippen LogP contribution is -2.49. The van der Waals surface area contributed by atoms with Crippen LogP contribution in [-0.2, 0) is 4.79 Å². The molecule has 6 heteroatoms. The van der Waals surface area contributed by atoms with Crippen LogP contribution in [0.2, 0.25) is 0 Å². The summed E-state index contributed by atoms with van der Waals surface area (Å²) in [6.45, 7) is 8.74. The van der Waals surface area contributed by atoms with Crippen LogP contribution < -0.4 is 5.32 Å². The Morgan fingerprint density at radius 1 is 1.25 bits per heavy atom. The number of aryl methyl sites for hydroxylation is 1. The topological polar surface area (TPSA) is 61.6 Å². The zero-order valence-electron chi connectivity index (χ0n) is 14.2. The molecule has 3 rings (SSSR count). The lowest BCUT2D eigenvalue weighted by molar-refractivity contribution is -0.122. The van der Waals surface area contributed by atoms with Crippen LogP contribution in [-0.4, -0.2) is 53.6 Å². The van der Waals surface area contributed by atoms with Gasteiger partial charge in [0, 0.05) is 32.2 Å². The van der Waals surface area contributed by atoms with Crippen LogP contribution in [0.5, 0.6) is 0 Å². The van der Waals surface area contributed by atoms with E-state index in [0.29, 0.717) is 11.6 Å². The molecule has 2 aromatic rings. The van der Waals surface area contributed by atoms with Gasteiger partial charge in [0.1, 0.15) is 11.8 Å². The van der Waals surface area contributed by atoms with Gasteiger partial charge in [-0.3, -0.25) is 9.69 Å². The number of rotatable bonds is 5. The molecule has 1 unspecified atom stereocenters. The number of nitrogens with one attached hydrogen (secondary N) is 1. The number of hydrogen-bond acceptors (Lipinski definition) is 5. The summed E-state index contributed by atoms with van der Waals surface area (Å²) in [7, 11) is 0. The molecule has 0 bridgehead atoms. The van der Waals surface area contributed by atoms with Gasteiger partial charge >= 0.3 is 0 Å². The highest BCUT2D eigenvalue weighted by Gasteiger charge is 2.30. The molecule has 2 heterocycles. The molecule has 1 N–H and O–H groups in total. The first-order chi connectivity index (χ1) is 11.7. The fourth-order valence-corrected chi connectivity index (χ4v) is 3.12. The van der Waals surface area contributed by atoms with Gasteiger partial charge in [0.15, 0.2) is 5.82 Å². The highest BCUT2D eigenvalue weighted by atomic mass is 16.5. The Kier molecular flexibility index (Phi) is 5.27. The Balaban J connectivity index is 1.78. The summed E-state index contributed by atoms with van der Waals surface area (Å²) in [5.41, 5.74) is 1.00. The maximum atomic E-state index is 12.9. The Bertz CT molecular complexity index is 663. The summed E-state index contributed by atoms with van der Waals surface area (Å²) in [6.07, 6.45) is 0. The third kappa shape index (κ3) is 3.83. The Hall–Kier alpha value is -2.18. The minimum atomic E-state index is -0.317.